The zero-order chi connectivity index (χ0) is 32.4. The van der Waals surface area contributed by atoms with Crippen LogP contribution in [0.3, 0.4) is 0 Å². The van der Waals surface area contributed by atoms with Crippen LogP contribution in [0.4, 0.5) is 5.82 Å². The molecule has 242 valence electrons. The van der Waals surface area contributed by atoms with Gasteiger partial charge in [0.1, 0.15) is 53.6 Å². The number of aliphatic hydroxyl groups excluding tert-OH is 3. The molecule has 0 aliphatic carbocycles. The predicted molar refractivity (Wildman–Crippen MR) is 139 cm³/mol. The van der Waals surface area contributed by atoms with E-state index in [0.29, 0.717) is 6.08 Å². The summed E-state index contributed by atoms with van der Waals surface area (Å²) in [4.78, 5) is 64.1. The standard InChI is InChI=1S/C23H30N4O15P2.3Na/c1-11(28)25-17-13(29)9-14(41-21(17)39-12-5-3-2-4-6-12)22(43(33,34)35)42-44(36,37)38-10-15-18(30)19(31)20(40-15)27-8-7-16(24)26-23(27)32;;;/h2-9,13,15,17-22,29-31H,10H2,1H3,(H,25,28)(H,36,37)(H2,24,26,32)(H2,33,34,35);;;/q;3*+1/p-3/t13-,15+,17+,18+,19+,20+,21-,22-;;;/m0.../s1. The van der Waals surface area contributed by atoms with Crippen molar-refractivity contribution in [3.05, 3.63) is 64.9 Å². The molecule has 1 aromatic heterocycles. The number of aliphatic hydroxyl groups is 3. The van der Waals surface area contributed by atoms with E-state index in [1.165, 1.54) is 18.2 Å². The maximum Gasteiger partial charge on any atom is 1.00 e. The molecule has 1 unspecified atom stereocenters. The molecule has 6 N–H and O–H groups in total. The molecule has 1 aromatic carbocycles. The molecule has 0 radical (unpaired) electrons. The molecule has 2 aliphatic heterocycles. The van der Waals surface area contributed by atoms with Crippen molar-refractivity contribution >= 4 is 27.1 Å². The van der Waals surface area contributed by atoms with E-state index in [9.17, 15) is 48.7 Å². The Balaban J connectivity index is 0.00000368. The zero-order valence-corrected chi connectivity index (χ0v) is 33.3. The van der Waals surface area contributed by atoms with Crippen molar-refractivity contribution in [3.63, 3.8) is 0 Å². The fourth-order valence-electron chi connectivity index (χ4n) is 4.24. The molecule has 0 bridgehead atoms. The molecular formula is C23H27N4Na3O15P2. The van der Waals surface area contributed by atoms with Crippen LogP contribution in [-0.4, -0.2) is 80.0 Å². The first kappa shape index (κ1) is 44.8. The van der Waals surface area contributed by atoms with Crippen LogP contribution >= 0.6 is 15.4 Å². The summed E-state index contributed by atoms with van der Waals surface area (Å²) in [6, 6.07) is 7.55. The number of para-hydroxylation sites is 1. The summed E-state index contributed by atoms with van der Waals surface area (Å²) in [6.45, 7) is 0.0390. The molecule has 2 aromatic rings. The van der Waals surface area contributed by atoms with E-state index in [1.807, 2.05) is 0 Å². The number of amides is 1. The van der Waals surface area contributed by atoms with Crippen LogP contribution in [0, 0.1) is 0 Å². The fraction of sp³-hybridized carbons (Fsp3) is 0.435. The number of phosphoric acid groups is 1. The maximum absolute atomic E-state index is 12.7. The number of nitrogens with zero attached hydrogens (tertiary/aromatic N) is 2. The second kappa shape index (κ2) is 18.9. The molecule has 19 nitrogen and oxygen atoms in total. The number of hydrogen-bond acceptors (Lipinski definition) is 17. The van der Waals surface area contributed by atoms with Gasteiger partial charge < -0.3 is 68.9 Å². The van der Waals surface area contributed by atoms with Gasteiger partial charge in [-0.25, -0.2) is 4.79 Å². The van der Waals surface area contributed by atoms with Crippen molar-refractivity contribution in [1.29, 1.82) is 0 Å². The van der Waals surface area contributed by atoms with Gasteiger partial charge in [0.05, 0.1) is 6.61 Å². The third kappa shape index (κ3) is 11.9. The fourth-order valence-corrected chi connectivity index (χ4v) is 6.24. The summed E-state index contributed by atoms with van der Waals surface area (Å²) in [5, 5.41) is 33.6. The van der Waals surface area contributed by atoms with E-state index >= 15 is 0 Å². The van der Waals surface area contributed by atoms with Gasteiger partial charge in [-0.15, -0.1) is 0 Å². The van der Waals surface area contributed by atoms with Crippen LogP contribution in [0.5, 0.6) is 5.75 Å². The summed E-state index contributed by atoms with van der Waals surface area (Å²) < 4.78 is 51.1. The van der Waals surface area contributed by atoms with Gasteiger partial charge in [-0.1, -0.05) is 18.2 Å². The Morgan fingerprint density at radius 2 is 1.74 bits per heavy atom. The van der Waals surface area contributed by atoms with E-state index < -0.39 is 88.2 Å². The van der Waals surface area contributed by atoms with Gasteiger partial charge in [-0.3, -0.25) is 13.9 Å². The average molecular weight is 730 g/mol. The first-order valence-corrected chi connectivity index (χ1v) is 15.7. The number of carbonyl (C=O) groups is 1. The summed E-state index contributed by atoms with van der Waals surface area (Å²) in [6.07, 6.45) is -8.41. The van der Waals surface area contributed by atoms with E-state index in [2.05, 4.69) is 19.3 Å². The van der Waals surface area contributed by atoms with Crippen LogP contribution < -0.4 is 125 Å². The first-order valence-electron chi connectivity index (χ1n) is 12.6. The largest absolute Gasteiger partial charge is 1.00 e. The molecule has 1 amide bonds. The molecule has 47 heavy (non-hydrogen) atoms. The minimum atomic E-state index is -6.05. The number of nitrogens with two attached hydrogens (primary N) is 1. The molecule has 24 heteroatoms. The smallest absolute Gasteiger partial charge is 0.809 e. The molecule has 0 spiro atoms. The topological polar surface area (TPSA) is 300 Å². The van der Waals surface area contributed by atoms with Crippen molar-refractivity contribution in [2.75, 3.05) is 12.3 Å². The van der Waals surface area contributed by atoms with Crippen molar-refractivity contribution in [2.45, 2.75) is 55.7 Å². The molecule has 9 atom stereocenters. The molecule has 1 saturated heterocycles. The molecule has 0 saturated carbocycles. The van der Waals surface area contributed by atoms with Gasteiger partial charge in [0.15, 0.2) is 6.23 Å². The Morgan fingerprint density at radius 1 is 1.11 bits per heavy atom. The van der Waals surface area contributed by atoms with Crippen molar-refractivity contribution < 1.29 is 156 Å². The van der Waals surface area contributed by atoms with Crippen molar-refractivity contribution in [2.24, 2.45) is 0 Å². The Morgan fingerprint density at radius 3 is 2.32 bits per heavy atom. The molecule has 4 rings (SSSR count). The number of ether oxygens (including phenoxy) is 3. The number of nitrogen functional groups attached to an aromatic ring is 1. The monoisotopic (exact) mass is 730 g/mol. The Kier molecular flexibility index (Phi) is 18.0. The molecule has 1 fully saturated rings. The number of anilines is 1. The minimum Gasteiger partial charge on any atom is -0.809 e. The van der Waals surface area contributed by atoms with Crippen LogP contribution in [0.1, 0.15) is 13.2 Å². The summed E-state index contributed by atoms with van der Waals surface area (Å²) in [5.74, 6) is -4.54. The van der Waals surface area contributed by atoms with Gasteiger partial charge in [-0.05, 0) is 31.9 Å². The maximum atomic E-state index is 12.7. The number of carbonyl (C=O) groups excluding carboxylic acids is 1. The number of hydrogen-bond donors (Lipinski definition) is 5. The predicted octanol–water partition coefficient (Wildman–Crippen LogP) is -12.6. The van der Waals surface area contributed by atoms with Crippen molar-refractivity contribution in [1.82, 2.24) is 14.9 Å². The van der Waals surface area contributed by atoms with Crippen LogP contribution in [0.25, 0.3) is 0 Å². The Labute approximate surface area is 333 Å². The van der Waals surface area contributed by atoms with Crippen LogP contribution in [0.15, 0.2) is 59.2 Å². The second-order valence-corrected chi connectivity index (χ2v) is 12.4. The van der Waals surface area contributed by atoms with Crippen LogP contribution in [-0.2, 0) is 32.4 Å². The number of nitrogens with one attached hydrogen (secondary N) is 1. The average Bonchev–Trinajstić information content (AvgIpc) is 3.21. The number of phosphoric ester groups is 1. The summed E-state index contributed by atoms with van der Waals surface area (Å²) >= 11 is 0. The van der Waals surface area contributed by atoms with Gasteiger partial charge in [0, 0.05) is 13.1 Å². The Bertz CT molecular complexity index is 1530. The molecular weight excluding hydrogens is 703 g/mol. The van der Waals surface area contributed by atoms with Gasteiger partial charge >= 0.3 is 94.4 Å². The second-order valence-electron chi connectivity index (χ2n) is 9.53. The molecule has 2 aliphatic rings. The van der Waals surface area contributed by atoms with E-state index in [4.69, 9.17) is 19.9 Å². The third-order valence-corrected chi connectivity index (χ3v) is 8.27. The third-order valence-electron chi connectivity index (χ3n) is 6.23. The van der Waals surface area contributed by atoms with E-state index in [0.717, 1.165) is 17.7 Å². The van der Waals surface area contributed by atoms with Crippen LogP contribution in [0.2, 0.25) is 0 Å². The van der Waals surface area contributed by atoms with Gasteiger partial charge in [-0.2, -0.15) is 4.98 Å². The van der Waals surface area contributed by atoms with Gasteiger partial charge in [0.25, 0.3) is 14.1 Å². The minimum absolute atomic E-state index is 0. The first-order chi connectivity index (χ1) is 20.6. The van der Waals surface area contributed by atoms with Gasteiger partial charge in [0.2, 0.25) is 5.91 Å². The quantitative estimate of drug-likeness (QED) is 0.106. The summed E-state index contributed by atoms with van der Waals surface area (Å²) in [5.41, 5.74) is 4.46. The summed E-state index contributed by atoms with van der Waals surface area (Å²) in [7, 11) is -11.8. The number of aromatic nitrogens is 2. The van der Waals surface area contributed by atoms with E-state index in [-0.39, 0.29) is 100 Å². The number of benzene rings is 1. The SMILES string of the molecule is CC(=O)N[C@H]1[C@@H](Oc2ccccc2)OC([C@@H](OP(=O)([O-])OC[C@H]2O[C@@H](n3ccc(N)nc3=O)[C@H](O)[C@@H]2O)P(=O)([O-])[O-])=C[C@@H]1O.[Na+].[Na+].[Na+]. The number of rotatable bonds is 11. The Hall–Kier alpha value is -0.190. The van der Waals surface area contributed by atoms with Crippen molar-refractivity contribution in [3.8, 4) is 5.75 Å². The zero-order valence-electron chi connectivity index (χ0n) is 25.6. The normalized spacial score (nSPS) is 27.3. The molecule has 3 heterocycles. The van der Waals surface area contributed by atoms with E-state index in [1.54, 1.807) is 18.2 Å².